The molecule has 0 aromatic heterocycles. The Morgan fingerprint density at radius 3 is 2.47 bits per heavy atom. The first-order chi connectivity index (χ1) is 8.05. The standard InChI is InChI=1S/C11H21N3O2S/c12-11(14-10-1-2-10)13-6-3-9-4-7-17(15,16)8-5-9/h9-10H,1-8H2,(H3,12,13,14). The first-order valence-corrected chi connectivity index (χ1v) is 8.14. The van der Waals surface area contributed by atoms with Crippen LogP contribution in [0.1, 0.15) is 32.1 Å². The van der Waals surface area contributed by atoms with E-state index in [1.165, 1.54) is 12.8 Å². The van der Waals surface area contributed by atoms with E-state index < -0.39 is 9.84 Å². The number of hydrogen-bond donors (Lipinski definition) is 2. The molecule has 6 heteroatoms. The zero-order valence-corrected chi connectivity index (χ0v) is 10.9. The van der Waals surface area contributed by atoms with Crippen molar-refractivity contribution in [3.8, 4) is 0 Å². The zero-order chi connectivity index (χ0) is 12.3. The van der Waals surface area contributed by atoms with Crippen LogP contribution < -0.4 is 11.1 Å². The number of aliphatic imine (C=N–C) groups is 1. The van der Waals surface area contributed by atoms with E-state index in [9.17, 15) is 8.42 Å². The molecule has 0 aromatic carbocycles. The third-order valence-electron chi connectivity index (χ3n) is 3.42. The van der Waals surface area contributed by atoms with E-state index in [0.29, 0.717) is 36.0 Å². The van der Waals surface area contributed by atoms with Gasteiger partial charge in [0.1, 0.15) is 9.84 Å². The largest absolute Gasteiger partial charge is 0.370 e. The fourth-order valence-corrected chi connectivity index (χ4v) is 3.67. The van der Waals surface area contributed by atoms with Crippen LogP contribution in [0, 0.1) is 5.92 Å². The fraction of sp³-hybridized carbons (Fsp3) is 0.909. The van der Waals surface area contributed by atoms with Gasteiger partial charge in [-0.05, 0) is 38.0 Å². The molecule has 1 aliphatic carbocycles. The summed E-state index contributed by atoms with van der Waals surface area (Å²) in [5, 5.41) is 3.14. The van der Waals surface area contributed by atoms with Gasteiger partial charge < -0.3 is 11.1 Å². The lowest BCUT2D eigenvalue weighted by Crippen LogP contribution is -2.33. The maximum Gasteiger partial charge on any atom is 0.188 e. The van der Waals surface area contributed by atoms with Crippen LogP contribution in [-0.2, 0) is 9.84 Å². The molecule has 0 bridgehead atoms. The molecule has 0 radical (unpaired) electrons. The van der Waals surface area contributed by atoms with Crippen molar-refractivity contribution in [1.29, 1.82) is 0 Å². The second kappa shape index (κ2) is 5.25. The minimum Gasteiger partial charge on any atom is -0.370 e. The van der Waals surface area contributed by atoms with Gasteiger partial charge >= 0.3 is 0 Å². The van der Waals surface area contributed by atoms with Crippen LogP contribution in [0.4, 0.5) is 0 Å². The molecular weight excluding hydrogens is 238 g/mol. The Morgan fingerprint density at radius 2 is 1.88 bits per heavy atom. The quantitative estimate of drug-likeness (QED) is 0.560. The lowest BCUT2D eigenvalue weighted by atomic mass is 9.99. The third-order valence-corrected chi connectivity index (χ3v) is 5.14. The summed E-state index contributed by atoms with van der Waals surface area (Å²) in [5.41, 5.74) is 5.72. The van der Waals surface area contributed by atoms with Gasteiger partial charge in [0.25, 0.3) is 0 Å². The number of sulfone groups is 1. The fourth-order valence-electron chi connectivity index (χ4n) is 2.08. The normalized spacial score (nSPS) is 25.8. The average molecular weight is 259 g/mol. The predicted octanol–water partition coefficient (Wildman–Crippen LogP) is 0.268. The van der Waals surface area contributed by atoms with Gasteiger partial charge in [-0.1, -0.05) is 0 Å². The van der Waals surface area contributed by atoms with Crippen LogP contribution in [0.5, 0.6) is 0 Å². The summed E-state index contributed by atoms with van der Waals surface area (Å²) in [6, 6.07) is 0.540. The maximum atomic E-state index is 11.2. The highest BCUT2D eigenvalue weighted by molar-refractivity contribution is 7.91. The molecule has 2 fully saturated rings. The second-order valence-electron chi connectivity index (χ2n) is 5.07. The monoisotopic (exact) mass is 259 g/mol. The van der Waals surface area contributed by atoms with E-state index in [-0.39, 0.29) is 0 Å². The van der Waals surface area contributed by atoms with Gasteiger partial charge in [0, 0.05) is 12.6 Å². The van der Waals surface area contributed by atoms with Gasteiger partial charge in [0.15, 0.2) is 5.96 Å². The first kappa shape index (κ1) is 12.7. The van der Waals surface area contributed by atoms with Gasteiger partial charge in [0.05, 0.1) is 11.5 Å². The molecule has 0 amide bonds. The van der Waals surface area contributed by atoms with Crippen molar-refractivity contribution in [2.24, 2.45) is 16.6 Å². The van der Waals surface area contributed by atoms with Crippen molar-refractivity contribution >= 4 is 15.8 Å². The Labute approximate surface area is 103 Å². The van der Waals surface area contributed by atoms with E-state index in [0.717, 1.165) is 19.3 Å². The van der Waals surface area contributed by atoms with Crippen molar-refractivity contribution in [1.82, 2.24) is 5.32 Å². The minimum absolute atomic E-state index is 0.344. The van der Waals surface area contributed by atoms with E-state index in [1.807, 2.05) is 0 Å². The van der Waals surface area contributed by atoms with Crippen molar-refractivity contribution in [2.75, 3.05) is 18.1 Å². The predicted molar refractivity (Wildman–Crippen MR) is 68.6 cm³/mol. The SMILES string of the molecule is NC(=NCCC1CCS(=O)(=O)CC1)NC1CC1. The molecular formula is C11H21N3O2S. The lowest BCUT2D eigenvalue weighted by molar-refractivity contribution is 0.441. The Balaban J connectivity index is 1.65. The molecule has 1 heterocycles. The first-order valence-electron chi connectivity index (χ1n) is 6.32. The molecule has 1 aliphatic heterocycles. The van der Waals surface area contributed by atoms with Gasteiger partial charge in [-0.25, -0.2) is 8.42 Å². The van der Waals surface area contributed by atoms with Gasteiger partial charge in [-0.3, -0.25) is 4.99 Å². The molecule has 2 rings (SSSR count). The molecule has 3 N–H and O–H groups in total. The highest BCUT2D eigenvalue weighted by atomic mass is 32.2. The molecule has 0 unspecified atom stereocenters. The number of rotatable bonds is 4. The molecule has 0 aromatic rings. The number of hydrogen-bond acceptors (Lipinski definition) is 3. The summed E-state index contributed by atoms with van der Waals surface area (Å²) < 4.78 is 22.5. The van der Waals surface area contributed by atoms with E-state index in [1.54, 1.807) is 0 Å². The smallest absolute Gasteiger partial charge is 0.188 e. The summed E-state index contributed by atoms with van der Waals surface area (Å²) in [6.07, 6.45) is 4.90. The van der Waals surface area contributed by atoms with Crippen molar-refractivity contribution < 1.29 is 8.42 Å². The zero-order valence-electron chi connectivity index (χ0n) is 10.1. The molecule has 17 heavy (non-hydrogen) atoms. The van der Waals surface area contributed by atoms with E-state index in [2.05, 4.69) is 10.3 Å². The molecule has 1 saturated carbocycles. The lowest BCUT2D eigenvalue weighted by Gasteiger charge is -2.20. The van der Waals surface area contributed by atoms with E-state index >= 15 is 0 Å². The maximum absolute atomic E-state index is 11.2. The Bertz CT molecular complexity index is 374. The number of nitrogens with zero attached hydrogens (tertiary/aromatic N) is 1. The summed E-state index contributed by atoms with van der Waals surface area (Å²) in [6.45, 7) is 0.705. The molecule has 0 atom stereocenters. The van der Waals surface area contributed by atoms with Gasteiger partial charge in [-0.2, -0.15) is 0 Å². The van der Waals surface area contributed by atoms with Crippen molar-refractivity contribution in [3.63, 3.8) is 0 Å². The number of nitrogens with one attached hydrogen (secondary N) is 1. The van der Waals surface area contributed by atoms with Gasteiger partial charge in [0.2, 0.25) is 0 Å². The van der Waals surface area contributed by atoms with Crippen molar-refractivity contribution in [3.05, 3.63) is 0 Å². The average Bonchev–Trinajstić information content (AvgIpc) is 3.04. The minimum atomic E-state index is -2.74. The Morgan fingerprint density at radius 1 is 1.24 bits per heavy atom. The number of nitrogens with two attached hydrogens (primary N) is 1. The van der Waals surface area contributed by atoms with Gasteiger partial charge in [-0.15, -0.1) is 0 Å². The number of guanidine groups is 1. The Hall–Kier alpha value is -0.780. The molecule has 1 saturated heterocycles. The van der Waals surface area contributed by atoms with Crippen LogP contribution in [0.2, 0.25) is 0 Å². The highest BCUT2D eigenvalue weighted by Gasteiger charge is 2.23. The highest BCUT2D eigenvalue weighted by Crippen LogP contribution is 2.22. The summed E-state index contributed by atoms with van der Waals surface area (Å²) in [5.74, 6) is 1.72. The third kappa shape index (κ3) is 4.53. The topological polar surface area (TPSA) is 84.5 Å². The summed E-state index contributed by atoms with van der Waals surface area (Å²) >= 11 is 0. The van der Waals surface area contributed by atoms with Crippen molar-refractivity contribution in [2.45, 2.75) is 38.1 Å². The second-order valence-corrected chi connectivity index (χ2v) is 7.37. The molecule has 2 aliphatic rings. The summed E-state index contributed by atoms with van der Waals surface area (Å²) in [7, 11) is -2.74. The molecule has 98 valence electrons. The van der Waals surface area contributed by atoms with Crippen LogP contribution in [-0.4, -0.2) is 38.5 Å². The van der Waals surface area contributed by atoms with Crippen LogP contribution in [0.25, 0.3) is 0 Å². The van der Waals surface area contributed by atoms with Crippen LogP contribution in [0.3, 0.4) is 0 Å². The van der Waals surface area contributed by atoms with Crippen LogP contribution >= 0.6 is 0 Å². The molecule has 0 spiro atoms. The molecule has 5 nitrogen and oxygen atoms in total. The van der Waals surface area contributed by atoms with Crippen LogP contribution in [0.15, 0.2) is 4.99 Å². The Kier molecular flexibility index (Phi) is 3.91. The summed E-state index contributed by atoms with van der Waals surface area (Å²) in [4.78, 5) is 4.27. The van der Waals surface area contributed by atoms with E-state index in [4.69, 9.17) is 5.73 Å².